The summed E-state index contributed by atoms with van der Waals surface area (Å²) in [7, 11) is -3.54. The summed E-state index contributed by atoms with van der Waals surface area (Å²) >= 11 is 0. The fourth-order valence-corrected chi connectivity index (χ4v) is 4.31. The third-order valence-electron chi connectivity index (χ3n) is 4.35. The second kappa shape index (κ2) is 7.26. The van der Waals surface area contributed by atoms with Gasteiger partial charge in [0.25, 0.3) is 0 Å². The first-order valence-electron chi connectivity index (χ1n) is 8.36. The second-order valence-electron chi connectivity index (χ2n) is 6.38. The van der Waals surface area contributed by atoms with Crippen LogP contribution in [0.2, 0.25) is 0 Å². The summed E-state index contributed by atoms with van der Waals surface area (Å²) in [6.45, 7) is 3.74. The van der Waals surface area contributed by atoms with E-state index in [1.54, 1.807) is 60.7 Å². The van der Waals surface area contributed by atoms with E-state index in [1.807, 2.05) is 26.0 Å². The average Bonchev–Trinajstić information content (AvgIpc) is 2.62. The minimum atomic E-state index is -3.54. The zero-order valence-electron chi connectivity index (χ0n) is 14.8. The predicted octanol–water partition coefficient (Wildman–Crippen LogP) is 4.51. The number of carbonyl (C=O) groups excluding carboxylic acids is 1. The van der Waals surface area contributed by atoms with Crippen LogP contribution in [0.4, 0.5) is 0 Å². The van der Waals surface area contributed by atoms with E-state index in [9.17, 15) is 13.2 Å². The summed E-state index contributed by atoms with van der Waals surface area (Å²) in [6.07, 6.45) is 0. The topological polar surface area (TPSA) is 51.2 Å². The maximum absolute atomic E-state index is 13.0. The Labute approximate surface area is 154 Å². The van der Waals surface area contributed by atoms with Crippen LogP contribution in [0.3, 0.4) is 0 Å². The van der Waals surface area contributed by atoms with Crippen molar-refractivity contribution in [3.05, 3.63) is 101 Å². The van der Waals surface area contributed by atoms with E-state index >= 15 is 0 Å². The van der Waals surface area contributed by atoms with E-state index in [1.165, 1.54) is 0 Å². The molecule has 0 unspecified atom stereocenters. The molecule has 132 valence electrons. The van der Waals surface area contributed by atoms with E-state index in [0.717, 1.165) is 11.1 Å². The van der Waals surface area contributed by atoms with Crippen LogP contribution in [0.25, 0.3) is 0 Å². The molecule has 0 fully saturated rings. The van der Waals surface area contributed by atoms with E-state index in [-0.39, 0.29) is 16.4 Å². The molecule has 3 aromatic rings. The van der Waals surface area contributed by atoms with Crippen molar-refractivity contribution in [2.45, 2.75) is 24.5 Å². The summed E-state index contributed by atoms with van der Waals surface area (Å²) < 4.78 is 25.6. The number of aryl methyl sites for hydroxylation is 2. The van der Waals surface area contributed by atoms with Gasteiger partial charge in [-0.2, -0.15) is 0 Å². The van der Waals surface area contributed by atoms with Crippen molar-refractivity contribution >= 4 is 15.6 Å². The third-order valence-corrected chi connectivity index (χ3v) is 6.03. The SMILES string of the molecule is Cc1ccc(S(=O)(=O)Cc2cccc(C)c2C(=O)c2ccccc2)cc1. The van der Waals surface area contributed by atoms with Gasteiger partial charge in [0.2, 0.25) is 0 Å². The number of sulfone groups is 1. The molecule has 0 bridgehead atoms. The number of hydrogen-bond acceptors (Lipinski definition) is 3. The lowest BCUT2D eigenvalue weighted by atomic mass is 9.95. The smallest absolute Gasteiger partial charge is 0.193 e. The standard InChI is InChI=1S/C22H20O3S/c1-16-11-13-20(14-12-16)26(24,25)15-19-10-6-7-17(2)21(19)22(23)18-8-4-3-5-9-18/h3-14H,15H2,1-2H3. The largest absolute Gasteiger partial charge is 0.289 e. The molecular formula is C22H20O3S. The molecule has 0 aliphatic heterocycles. The molecule has 26 heavy (non-hydrogen) atoms. The fraction of sp³-hybridized carbons (Fsp3) is 0.136. The Bertz CT molecular complexity index is 1030. The van der Waals surface area contributed by atoms with Crippen LogP contribution in [0.1, 0.15) is 32.6 Å². The van der Waals surface area contributed by atoms with E-state index in [0.29, 0.717) is 16.7 Å². The lowest BCUT2D eigenvalue weighted by Crippen LogP contribution is -2.12. The van der Waals surface area contributed by atoms with Crippen molar-refractivity contribution in [2.24, 2.45) is 0 Å². The van der Waals surface area contributed by atoms with Crippen LogP contribution in [0, 0.1) is 13.8 Å². The van der Waals surface area contributed by atoms with Gasteiger partial charge < -0.3 is 0 Å². The number of rotatable bonds is 5. The summed E-state index contributed by atoms with van der Waals surface area (Å²) in [5.74, 6) is -0.358. The van der Waals surface area contributed by atoms with Gasteiger partial charge in [-0.05, 0) is 37.1 Å². The molecule has 0 amide bonds. The monoisotopic (exact) mass is 364 g/mol. The fourth-order valence-electron chi connectivity index (χ4n) is 2.94. The highest BCUT2D eigenvalue weighted by Crippen LogP contribution is 2.24. The summed E-state index contributed by atoms with van der Waals surface area (Å²) in [5.41, 5.74) is 3.32. The van der Waals surface area contributed by atoms with Gasteiger partial charge in [-0.25, -0.2) is 8.42 Å². The molecule has 3 aromatic carbocycles. The van der Waals surface area contributed by atoms with Crippen molar-refractivity contribution in [1.29, 1.82) is 0 Å². The Morgan fingerprint density at radius 3 is 2.12 bits per heavy atom. The van der Waals surface area contributed by atoms with Crippen molar-refractivity contribution in [1.82, 2.24) is 0 Å². The molecule has 0 saturated heterocycles. The van der Waals surface area contributed by atoms with Crippen molar-refractivity contribution < 1.29 is 13.2 Å². The van der Waals surface area contributed by atoms with Gasteiger partial charge in [0.05, 0.1) is 10.6 Å². The van der Waals surface area contributed by atoms with Gasteiger partial charge in [-0.3, -0.25) is 4.79 Å². The number of hydrogen-bond donors (Lipinski definition) is 0. The Kier molecular flexibility index (Phi) is 5.05. The second-order valence-corrected chi connectivity index (χ2v) is 8.37. The average molecular weight is 364 g/mol. The van der Waals surface area contributed by atoms with Crippen molar-refractivity contribution in [3.8, 4) is 0 Å². The van der Waals surface area contributed by atoms with E-state index in [2.05, 4.69) is 0 Å². The van der Waals surface area contributed by atoms with Crippen LogP contribution in [0.5, 0.6) is 0 Å². The van der Waals surface area contributed by atoms with Gasteiger partial charge in [-0.15, -0.1) is 0 Å². The Morgan fingerprint density at radius 2 is 1.46 bits per heavy atom. The quantitative estimate of drug-likeness (QED) is 0.626. The third kappa shape index (κ3) is 3.75. The molecular weight excluding hydrogens is 344 g/mol. The van der Waals surface area contributed by atoms with Crippen LogP contribution < -0.4 is 0 Å². The highest BCUT2D eigenvalue weighted by Gasteiger charge is 2.22. The van der Waals surface area contributed by atoms with Crippen LogP contribution in [-0.2, 0) is 15.6 Å². The molecule has 0 spiro atoms. The maximum atomic E-state index is 13.0. The minimum absolute atomic E-state index is 0.155. The zero-order chi connectivity index (χ0) is 18.7. The normalized spacial score (nSPS) is 11.3. The molecule has 0 atom stereocenters. The number of carbonyl (C=O) groups is 1. The molecule has 0 N–H and O–H groups in total. The summed E-state index contributed by atoms with van der Waals surface area (Å²) in [5, 5.41) is 0. The summed E-state index contributed by atoms with van der Waals surface area (Å²) in [4.78, 5) is 13.2. The minimum Gasteiger partial charge on any atom is -0.289 e. The first-order valence-corrected chi connectivity index (χ1v) is 10.0. The molecule has 0 aliphatic carbocycles. The van der Waals surface area contributed by atoms with Gasteiger partial charge in [-0.1, -0.05) is 66.2 Å². The maximum Gasteiger partial charge on any atom is 0.193 e. The highest BCUT2D eigenvalue weighted by atomic mass is 32.2. The van der Waals surface area contributed by atoms with Gasteiger partial charge in [0.15, 0.2) is 15.6 Å². The first kappa shape index (κ1) is 18.1. The van der Waals surface area contributed by atoms with E-state index < -0.39 is 9.84 Å². The Morgan fingerprint density at radius 1 is 0.808 bits per heavy atom. The van der Waals surface area contributed by atoms with Crippen LogP contribution in [-0.4, -0.2) is 14.2 Å². The van der Waals surface area contributed by atoms with E-state index in [4.69, 9.17) is 0 Å². The first-order chi connectivity index (χ1) is 12.4. The van der Waals surface area contributed by atoms with Gasteiger partial charge in [0, 0.05) is 11.1 Å². The zero-order valence-corrected chi connectivity index (χ0v) is 15.6. The Balaban J connectivity index is 2.03. The lowest BCUT2D eigenvalue weighted by Gasteiger charge is -2.13. The molecule has 3 rings (SSSR count). The lowest BCUT2D eigenvalue weighted by molar-refractivity contribution is 0.103. The van der Waals surface area contributed by atoms with Crippen molar-refractivity contribution in [2.75, 3.05) is 0 Å². The van der Waals surface area contributed by atoms with Gasteiger partial charge in [0.1, 0.15) is 0 Å². The molecule has 0 radical (unpaired) electrons. The number of ketones is 1. The van der Waals surface area contributed by atoms with Crippen LogP contribution in [0.15, 0.2) is 77.7 Å². The molecule has 0 aliphatic rings. The number of benzene rings is 3. The highest BCUT2D eigenvalue weighted by molar-refractivity contribution is 7.90. The summed E-state index contributed by atoms with van der Waals surface area (Å²) in [6, 6.07) is 21.0. The molecule has 0 aromatic heterocycles. The van der Waals surface area contributed by atoms with Crippen molar-refractivity contribution in [3.63, 3.8) is 0 Å². The van der Waals surface area contributed by atoms with Gasteiger partial charge >= 0.3 is 0 Å². The molecule has 0 heterocycles. The Hall–Kier alpha value is -2.72. The predicted molar refractivity (Wildman–Crippen MR) is 103 cm³/mol. The van der Waals surface area contributed by atoms with Crippen LogP contribution >= 0.6 is 0 Å². The molecule has 0 saturated carbocycles. The molecule has 3 nitrogen and oxygen atoms in total. The molecule has 4 heteroatoms.